The van der Waals surface area contributed by atoms with Crippen LogP contribution in [0.2, 0.25) is 0 Å². The normalized spacial score (nSPS) is 21.1. The maximum atomic E-state index is 11.9. The van der Waals surface area contributed by atoms with Crippen LogP contribution in [0, 0.1) is 5.41 Å². The highest BCUT2D eigenvalue weighted by Gasteiger charge is 2.26. The van der Waals surface area contributed by atoms with Gasteiger partial charge in [0.1, 0.15) is 6.10 Å². The summed E-state index contributed by atoms with van der Waals surface area (Å²) in [4.78, 5) is 13.7. The molecule has 1 saturated heterocycles. The lowest BCUT2D eigenvalue weighted by atomic mass is 9.96. The van der Waals surface area contributed by atoms with Gasteiger partial charge in [-0.05, 0) is 5.41 Å². The topological polar surface area (TPSA) is 41.6 Å². The Morgan fingerprint density at radius 1 is 1.50 bits per heavy atom. The van der Waals surface area contributed by atoms with E-state index in [0.717, 1.165) is 13.1 Å². The molecule has 96 valence electrons. The smallest absolute Gasteiger partial charge is 0.252 e. The minimum Gasteiger partial charge on any atom is -0.366 e. The minimum atomic E-state index is -0.300. The standard InChI is InChI=1S/C11H22N2O2.ClH/c1-11(2,3)8-13(4)10(14)9-7-12-5-6-15-9;/h9,12H,5-8H2,1-4H3;1H/t9-;/m0./s1. The van der Waals surface area contributed by atoms with Crippen LogP contribution in [0.4, 0.5) is 0 Å². The van der Waals surface area contributed by atoms with E-state index in [9.17, 15) is 4.79 Å². The highest BCUT2D eigenvalue weighted by atomic mass is 35.5. The van der Waals surface area contributed by atoms with Crippen molar-refractivity contribution in [3.63, 3.8) is 0 Å². The second kappa shape index (κ2) is 6.42. The zero-order valence-electron chi connectivity index (χ0n) is 10.6. The van der Waals surface area contributed by atoms with Crippen molar-refractivity contribution in [1.29, 1.82) is 0 Å². The summed E-state index contributed by atoms with van der Waals surface area (Å²) in [6.45, 7) is 9.22. The summed E-state index contributed by atoms with van der Waals surface area (Å²) in [5, 5.41) is 3.16. The third-order valence-electron chi connectivity index (χ3n) is 2.29. The van der Waals surface area contributed by atoms with Crippen LogP contribution >= 0.6 is 12.4 Å². The second-order valence-electron chi connectivity index (χ2n) is 5.32. The molecule has 4 nitrogen and oxygen atoms in total. The SMILES string of the molecule is CN(CC(C)(C)C)C(=O)[C@@H]1CNCCO1.Cl. The summed E-state index contributed by atoms with van der Waals surface area (Å²) >= 11 is 0. The van der Waals surface area contributed by atoms with E-state index in [1.807, 2.05) is 7.05 Å². The summed E-state index contributed by atoms with van der Waals surface area (Å²) in [6.07, 6.45) is -0.300. The van der Waals surface area contributed by atoms with Crippen molar-refractivity contribution < 1.29 is 9.53 Å². The number of carbonyl (C=O) groups excluding carboxylic acids is 1. The highest BCUT2D eigenvalue weighted by Crippen LogP contribution is 2.15. The van der Waals surface area contributed by atoms with E-state index in [0.29, 0.717) is 13.2 Å². The van der Waals surface area contributed by atoms with Crippen molar-refractivity contribution in [3.05, 3.63) is 0 Å². The van der Waals surface area contributed by atoms with Gasteiger partial charge in [-0.3, -0.25) is 4.79 Å². The fourth-order valence-electron chi connectivity index (χ4n) is 1.76. The van der Waals surface area contributed by atoms with Crippen LogP contribution in [0.15, 0.2) is 0 Å². The monoisotopic (exact) mass is 250 g/mol. The molecule has 0 unspecified atom stereocenters. The largest absolute Gasteiger partial charge is 0.366 e. The average molecular weight is 251 g/mol. The van der Waals surface area contributed by atoms with Crippen molar-refractivity contribution in [2.24, 2.45) is 5.41 Å². The first-order valence-corrected chi connectivity index (χ1v) is 5.47. The van der Waals surface area contributed by atoms with Crippen molar-refractivity contribution in [3.8, 4) is 0 Å². The molecule has 1 aliphatic heterocycles. The number of morpholine rings is 1. The summed E-state index contributed by atoms with van der Waals surface area (Å²) in [7, 11) is 1.84. The van der Waals surface area contributed by atoms with Gasteiger partial charge in [0.2, 0.25) is 0 Å². The van der Waals surface area contributed by atoms with E-state index in [-0.39, 0.29) is 29.8 Å². The zero-order chi connectivity index (χ0) is 11.5. The summed E-state index contributed by atoms with van der Waals surface area (Å²) in [5.41, 5.74) is 0.131. The Bertz CT molecular complexity index is 223. The molecule has 0 radical (unpaired) electrons. The molecule has 0 aromatic carbocycles. The number of nitrogens with one attached hydrogen (secondary N) is 1. The first-order chi connectivity index (χ1) is 6.90. The summed E-state index contributed by atoms with van der Waals surface area (Å²) in [6, 6.07) is 0. The number of hydrogen-bond donors (Lipinski definition) is 1. The number of carbonyl (C=O) groups is 1. The van der Waals surface area contributed by atoms with Crippen LogP contribution in [0.25, 0.3) is 0 Å². The molecule has 0 spiro atoms. The van der Waals surface area contributed by atoms with Crippen LogP contribution in [0.5, 0.6) is 0 Å². The predicted octanol–water partition coefficient (Wildman–Crippen LogP) is 0.901. The van der Waals surface area contributed by atoms with E-state index >= 15 is 0 Å². The maximum Gasteiger partial charge on any atom is 0.252 e. The number of halogens is 1. The summed E-state index contributed by atoms with van der Waals surface area (Å²) in [5.74, 6) is 0.0807. The third kappa shape index (κ3) is 5.14. The predicted molar refractivity (Wildman–Crippen MR) is 66.9 cm³/mol. The molecule has 0 aliphatic carbocycles. The number of hydrogen-bond acceptors (Lipinski definition) is 3. The number of rotatable bonds is 2. The van der Waals surface area contributed by atoms with Gasteiger partial charge < -0.3 is 15.0 Å². The number of likely N-dealkylation sites (N-methyl/N-ethyl adjacent to an activating group) is 1. The second-order valence-corrected chi connectivity index (χ2v) is 5.32. The molecule has 0 aromatic heterocycles. The van der Waals surface area contributed by atoms with Gasteiger partial charge in [-0.15, -0.1) is 12.4 Å². The van der Waals surface area contributed by atoms with Gasteiger partial charge in [0.05, 0.1) is 6.61 Å². The van der Waals surface area contributed by atoms with Crippen molar-refractivity contribution in [2.45, 2.75) is 26.9 Å². The molecule has 1 atom stereocenters. The van der Waals surface area contributed by atoms with Crippen molar-refractivity contribution >= 4 is 18.3 Å². The van der Waals surface area contributed by atoms with Gasteiger partial charge in [0.15, 0.2) is 0 Å². The van der Waals surface area contributed by atoms with Crippen molar-refractivity contribution in [1.82, 2.24) is 10.2 Å². The molecule has 16 heavy (non-hydrogen) atoms. The molecule has 1 amide bonds. The number of ether oxygens (including phenoxy) is 1. The molecule has 0 aromatic rings. The van der Waals surface area contributed by atoms with E-state index in [2.05, 4.69) is 26.1 Å². The van der Waals surface area contributed by atoms with Gasteiger partial charge >= 0.3 is 0 Å². The van der Waals surface area contributed by atoms with E-state index in [1.165, 1.54) is 0 Å². The Morgan fingerprint density at radius 2 is 2.12 bits per heavy atom. The van der Waals surface area contributed by atoms with Crippen LogP contribution in [0.3, 0.4) is 0 Å². The highest BCUT2D eigenvalue weighted by molar-refractivity contribution is 5.85. The molecular formula is C11H23ClN2O2. The van der Waals surface area contributed by atoms with Crippen LogP contribution in [0.1, 0.15) is 20.8 Å². The van der Waals surface area contributed by atoms with Crippen molar-refractivity contribution in [2.75, 3.05) is 33.3 Å². The lowest BCUT2D eigenvalue weighted by molar-refractivity contribution is -0.145. The number of nitrogens with zero attached hydrogens (tertiary/aromatic N) is 1. The molecule has 0 saturated carbocycles. The van der Waals surface area contributed by atoms with Crippen LogP contribution < -0.4 is 5.32 Å². The Balaban J connectivity index is 0.00000225. The van der Waals surface area contributed by atoms with Gasteiger partial charge in [0, 0.05) is 26.7 Å². The first-order valence-electron chi connectivity index (χ1n) is 5.47. The molecule has 1 heterocycles. The van der Waals surface area contributed by atoms with E-state index < -0.39 is 0 Å². The average Bonchev–Trinajstić information content (AvgIpc) is 2.15. The molecule has 1 aliphatic rings. The molecule has 1 fully saturated rings. The zero-order valence-corrected chi connectivity index (χ0v) is 11.4. The fourth-order valence-corrected chi connectivity index (χ4v) is 1.76. The Morgan fingerprint density at radius 3 is 2.56 bits per heavy atom. The maximum absolute atomic E-state index is 11.9. The van der Waals surface area contributed by atoms with E-state index in [4.69, 9.17) is 4.74 Å². The summed E-state index contributed by atoms with van der Waals surface area (Å²) < 4.78 is 5.42. The van der Waals surface area contributed by atoms with Crippen LogP contribution in [-0.2, 0) is 9.53 Å². The lowest BCUT2D eigenvalue weighted by Crippen LogP contribution is -2.49. The fraction of sp³-hybridized carbons (Fsp3) is 0.909. The Labute approximate surface area is 104 Å². The Kier molecular flexibility index (Phi) is 6.30. The first kappa shape index (κ1) is 15.7. The molecule has 5 heteroatoms. The van der Waals surface area contributed by atoms with Gasteiger partial charge in [-0.2, -0.15) is 0 Å². The third-order valence-corrected chi connectivity index (χ3v) is 2.29. The van der Waals surface area contributed by atoms with Gasteiger partial charge in [-0.25, -0.2) is 0 Å². The number of amides is 1. The van der Waals surface area contributed by atoms with Crippen LogP contribution in [-0.4, -0.2) is 50.2 Å². The van der Waals surface area contributed by atoms with Gasteiger partial charge in [0.25, 0.3) is 5.91 Å². The van der Waals surface area contributed by atoms with Gasteiger partial charge in [-0.1, -0.05) is 20.8 Å². The Hall–Kier alpha value is -0.320. The molecular weight excluding hydrogens is 228 g/mol. The molecule has 1 N–H and O–H groups in total. The van der Waals surface area contributed by atoms with E-state index in [1.54, 1.807) is 4.90 Å². The quantitative estimate of drug-likeness (QED) is 0.792. The molecule has 0 bridgehead atoms. The molecule has 1 rings (SSSR count). The minimum absolute atomic E-state index is 0. The lowest BCUT2D eigenvalue weighted by Gasteiger charge is -2.31.